The maximum absolute atomic E-state index is 13.2. The summed E-state index contributed by atoms with van der Waals surface area (Å²) >= 11 is 7.72. The maximum Gasteiger partial charge on any atom is 0.338 e. The van der Waals surface area contributed by atoms with Gasteiger partial charge in [0.15, 0.2) is 5.17 Å². The van der Waals surface area contributed by atoms with Crippen LogP contribution in [0.1, 0.15) is 30.5 Å². The van der Waals surface area contributed by atoms with Crippen LogP contribution in [0, 0.1) is 0 Å². The molecule has 2 aliphatic heterocycles. The van der Waals surface area contributed by atoms with Gasteiger partial charge in [-0.15, -0.1) is 0 Å². The van der Waals surface area contributed by atoms with Crippen molar-refractivity contribution >= 4 is 40.4 Å². The predicted octanol–water partition coefficient (Wildman–Crippen LogP) is 4.21. The number of aromatic nitrogens is 1. The molecule has 2 aliphatic rings. The van der Waals surface area contributed by atoms with Crippen molar-refractivity contribution in [3.05, 3.63) is 87.3 Å². The molecule has 10 heteroatoms. The second-order valence-electron chi connectivity index (χ2n) is 7.89. The van der Waals surface area contributed by atoms with Crippen LogP contribution in [0.3, 0.4) is 0 Å². The number of hydrogen-bond donors (Lipinski definition) is 1. The Morgan fingerprint density at radius 1 is 1.23 bits per heavy atom. The van der Waals surface area contributed by atoms with Crippen LogP contribution in [0.25, 0.3) is 0 Å². The number of nitrogens with one attached hydrogen (secondary N) is 1. The fraction of sp³-hybridized carbons (Fsp3) is 0.280. The van der Waals surface area contributed by atoms with Gasteiger partial charge in [0.1, 0.15) is 6.61 Å². The Morgan fingerprint density at radius 3 is 2.83 bits per heavy atom. The molecule has 1 amide bonds. The topological polar surface area (TPSA) is 93.1 Å². The van der Waals surface area contributed by atoms with Crippen LogP contribution in [-0.4, -0.2) is 47.3 Å². The van der Waals surface area contributed by atoms with E-state index in [1.807, 2.05) is 40.6 Å². The number of pyridine rings is 1. The number of allylic oxidation sites excluding steroid dienone is 1. The summed E-state index contributed by atoms with van der Waals surface area (Å²) in [7, 11) is 1.54. The lowest BCUT2D eigenvalue weighted by atomic mass is 9.94. The van der Waals surface area contributed by atoms with E-state index >= 15 is 0 Å². The Balaban J connectivity index is 1.59. The summed E-state index contributed by atoms with van der Waals surface area (Å²) in [5.41, 5.74) is 3.40. The lowest BCUT2D eigenvalue weighted by Crippen LogP contribution is -2.38. The Hall–Kier alpha value is -3.14. The average molecular weight is 513 g/mol. The summed E-state index contributed by atoms with van der Waals surface area (Å²) in [5.74, 6) is -0.633. The second kappa shape index (κ2) is 11.5. The normalized spacial score (nSPS) is 17.0. The molecule has 1 unspecified atom stereocenters. The zero-order valence-electron chi connectivity index (χ0n) is 19.4. The van der Waals surface area contributed by atoms with E-state index in [0.717, 1.165) is 16.8 Å². The molecule has 35 heavy (non-hydrogen) atoms. The van der Waals surface area contributed by atoms with E-state index in [1.165, 1.54) is 11.8 Å². The molecule has 0 saturated carbocycles. The molecule has 0 radical (unpaired) electrons. The molecule has 182 valence electrons. The van der Waals surface area contributed by atoms with Gasteiger partial charge >= 0.3 is 5.97 Å². The lowest BCUT2D eigenvalue weighted by Gasteiger charge is -2.36. The smallest absolute Gasteiger partial charge is 0.338 e. The van der Waals surface area contributed by atoms with Gasteiger partial charge in [-0.3, -0.25) is 9.78 Å². The average Bonchev–Trinajstić information content (AvgIpc) is 3.24. The number of aliphatic imine (C=N–C) groups is 1. The Bertz CT molecular complexity index is 1200. The number of hydrogen-bond acceptors (Lipinski definition) is 8. The third-order valence-corrected chi connectivity index (χ3v) is 6.58. The number of fused-ring (bicyclic) bond motifs is 1. The molecule has 0 spiro atoms. The highest BCUT2D eigenvalue weighted by atomic mass is 35.5. The van der Waals surface area contributed by atoms with Crippen molar-refractivity contribution in [3.8, 4) is 0 Å². The van der Waals surface area contributed by atoms with Gasteiger partial charge in [-0.1, -0.05) is 41.6 Å². The molecule has 1 aromatic heterocycles. The van der Waals surface area contributed by atoms with E-state index in [4.69, 9.17) is 21.1 Å². The van der Waals surface area contributed by atoms with E-state index in [0.29, 0.717) is 28.0 Å². The van der Waals surface area contributed by atoms with E-state index in [-0.39, 0.29) is 25.5 Å². The van der Waals surface area contributed by atoms with Crippen LogP contribution in [0.4, 0.5) is 0 Å². The number of carbonyl (C=O) groups is 2. The van der Waals surface area contributed by atoms with Crippen molar-refractivity contribution in [3.63, 3.8) is 0 Å². The van der Waals surface area contributed by atoms with Crippen molar-refractivity contribution in [1.29, 1.82) is 0 Å². The Morgan fingerprint density at radius 2 is 2.09 bits per heavy atom. The van der Waals surface area contributed by atoms with E-state index in [1.54, 1.807) is 32.5 Å². The minimum absolute atomic E-state index is 0.119. The first-order valence-corrected chi connectivity index (χ1v) is 12.2. The molecule has 8 nitrogen and oxygen atoms in total. The van der Waals surface area contributed by atoms with Gasteiger partial charge < -0.3 is 19.7 Å². The summed E-state index contributed by atoms with van der Waals surface area (Å²) in [4.78, 5) is 36.6. The number of rotatable bonds is 9. The largest absolute Gasteiger partial charge is 0.460 e. The number of thioether (sulfide) groups is 1. The highest BCUT2D eigenvalue weighted by molar-refractivity contribution is 8.16. The monoisotopic (exact) mass is 512 g/mol. The number of amidine groups is 1. The van der Waals surface area contributed by atoms with Crippen LogP contribution in [0.15, 0.2) is 76.2 Å². The van der Waals surface area contributed by atoms with Crippen molar-refractivity contribution in [1.82, 2.24) is 15.2 Å². The van der Waals surface area contributed by atoms with Gasteiger partial charge in [0.25, 0.3) is 0 Å². The molecule has 0 aliphatic carbocycles. The van der Waals surface area contributed by atoms with Gasteiger partial charge in [-0.25, -0.2) is 9.79 Å². The number of esters is 1. The summed E-state index contributed by atoms with van der Waals surface area (Å²) in [6.07, 6.45) is 3.52. The summed E-state index contributed by atoms with van der Waals surface area (Å²) in [6.45, 7) is 2.57. The van der Waals surface area contributed by atoms with Crippen LogP contribution in [0.2, 0.25) is 5.02 Å². The summed E-state index contributed by atoms with van der Waals surface area (Å²) in [5, 5.41) is 6.06. The van der Waals surface area contributed by atoms with Crippen molar-refractivity contribution in [2.75, 3.05) is 20.3 Å². The fourth-order valence-corrected chi connectivity index (χ4v) is 5.01. The molecule has 0 bridgehead atoms. The summed E-state index contributed by atoms with van der Waals surface area (Å²) < 4.78 is 10.5. The fourth-order valence-electron chi connectivity index (χ4n) is 3.85. The standard InChI is InChI=1S/C25H25ClN4O4S/c1-16-22(24(32)34-10-9-33-2)23(18-6-3-7-19(26)11-18)30-20(15-35-25(30)29-16)12-21(31)28-14-17-5-4-8-27-13-17/h3-8,11,13,15,23H,9-10,12,14H2,1-2H3,(H,28,31). The quantitative estimate of drug-likeness (QED) is 0.397. The molecule has 1 atom stereocenters. The van der Waals surface area contributed by atoms with Crippen LogP contribution < -0.4 is 5.32 Å². The van der Waals surface area contributed by atoms with Gasteiger partial charge in [-0.2, -0.15) is 0 Å². The number of methoxy groups -OCH3 is 1. The molecule has 1 N–H and O–H groups in total. The molecule has 0 fully saturated rings. The molecular weight excluding hydrogens is 488 g/mol. The summed E-state index contributed by atoms with van der Waals surface area (Å²) in [6, 6.07) is 10.5. The number of amides is 1. The highest BCUT2D eigenvalue weighted by Gasteiger charge is 2.41. The highest BCUT2D eigenvalue weighted by Crippen LogP contribution is 2.45. The predicted molar refractivity (Wildman–Crippen MR) is 135 cm³/mol. The van der Waals surface area contributed by atoms with Crippen LogP contribution in [0.5, 0.6) is 0 Å². The number of ether oxygens (including phenoxy) is 2. The van der Waals surface area contributed by atoms with Crippen molar-refractivity contribution in [2.24, 2.45) is 4.99 Å². The van der Waals surface area contributed by atoms with Gasteiger partial charge in [0, 0.05) is 36.8 Å². The number of nitrogens with zero attached hydrogens (tertiary/aromatic N) is 3. The van der Waals surface area contributed by atoms with E-state index in [2.05, 4.69) is 15.3 Å². The Labute approximate surface area is 213 Å². The zero-order chi connectivity index (χ0) is 24.8. The molecule has 4 rings (SSSR count). The molecule has 0 saturated heterocycles. The number of halogens is 1. The van der Waals surface area contributed by atoms with E-state index < -0.39 is 12.0 Å². The number of carbonyl (C=O) groups excluding carboxylic acids is 2. The molecule has 2 aromatic rings. The molecular formula is C25H25ClN4O4S. The third kappa shape index (κ3) is 5.93. The van der Waals surface area contributed by atoms with Gasteiger partial charge in [-0.05, 0) is 41.7 Å². The van der Waals surface area contributed by atoms with Gasteiger partial charge in [0.2, 0.25) is 5.91 Å². The maximum atomic E-state index is 13.2. The second-order valence-corrected chi connectivity index (χ2v) is 9.16. The third-order valence-electron chi connectivity index (χ3n) is 5.46. The minimum atomic E-state index is -0.538. The van der Waals surface area contributed by atoms with E-state index in [9.17, 15) is 9.59 Å². The van der Waals surface area contributed by atoms with Crippen LogP contribution >= 0.6 is 23.4 Å². The first-order chi connectivity index (χ1) is 17.0. The lowest BCUT2D eigenvalue weighted by molar-refractivity contribution is -0.141. The molecule has 1 aromatic carbocycles. The van der Waals surface area contributed by atoms with Crippen molar-refractivity contribution in [2.45, 2.75) is 25.9 Å². The number of benzene rings is 1. The first kappa shape index (κ1) is 25.0. The van der Waals surface area contributed by atoms with Crippen LogP contribution in [-0.2, 0) is 25.6 Å². The van der Waals surface area contributed by atoms with Gasteiger partial charge in [0.05, 0.1) is 30.3 Å². The van der Waals surface area contributed by atoms with Crippen molar-refractivity contribution < 1.29 is 19.1 Å². The SMILES string of the molecule is COCCOC(=O)C1=C(C)N=C2SC=C(CC(=O)NCc3cccnc3)N2C1c1cccc(Cl)c1. The minimum Gasteiger partial charge on any atom is -0.460 e. The zero-order valence-corrected chi connectivity index (χ0v) is 20.9. The first-order valence-electron chi connectivity index (χ1n) is 11.0. The molecule has 3 heterocycles. The Kier molecular flexibility index (Phi) is 8.22.